The van der Waals surface area contributed by atoms with Crippen LogP contribution in [0.2, 0.25) is 0 Å². The Kier molecular flexibility index (Phi) is 5.45. The van der Waals surface area contributed by atoms with Crippen molar-refractivity contribution in [3.63, 3.8) is 0 Å². The Balaban J connectivity index is 2.90. The van der Waals surface area contributed by atoms with Gasteiger partial charge in [0, 0.05) is 11.8 Å². The fourth-order valence-corrected chi connectivity index (χ4v) is 2.23. The lowest BCUT2D eigenvalue weighted by Crippen LogP contribution is -2.37. The Bertz CT molecular complexity index is 653. The van der Waals surface area contributed by atoms with E-state index in [1.165, 1.54) is 18.2 Å². The van der Waals surface area contributed by atoms with Gasteiger partial charge in [0.1, 0.15) is 0 Å². The minimum atomic E-state index is -3.43. The number of hydrogen-bond donors (Lipinski definition) is 2. The maximum Gasteiger partial charge on any atom is 0.336 e. The number of esters is 1. The fourth-order valence-electron chi connectivity index (χ4n) is 1.58. The number of ether oxygens (including phenoxy) is 1. The first-order chi connectivity index (χ1) is 9.66. The average molecular weight is 315 g/mol. The number of hydrogen-bond acceptors (Lipinski definition) is 6. The second-order valence-electron chi connectivity index (χ2n) is 4.50. The first-order valence-corrected chi connectivity index (χ1v) is 7.90. The number of benzene rings is 1. The molecule has 0 saturated carbocycles. The first kappa shape index (κ1) is 17.1. The van der Waals surface area contributed by atoms with Gasteiger partial charge in [-0.1, -0.05) is 6.07 Å². The molecule has 0 aliphatic carbocycles. The van der Waals surface area contributed by atoms with Crippen molar-refractivity contribution in [1.82, 2.24) is 5.32 Å². The third-order valence-corrected chi connectivity index (χ3v) is 3.92. The molecule has 1 unspecified atom stereocenters. The molecule has 1 rings (SSSR count). The number of methoxy groups -OCH3 is 1. The Morgan fingerprint density at radius 3 is 2.52 bits per heavy atom. The molecule has 0 spiro atoms. The van der Waals surface area contributed by atoms with Gasteiger partial charge in [-0.3, -0.25) is 4.79 Å². The Labute approximate surface area is 122 Å². The van der Waals surface area contributed by atoms with Gasteiger partial charge >= 0.3 is 5.97 Å². The van der Waals surface area contributed by atoms with E-state index in [0.717, 1.165) is 13.4 Å². The predicted octanol–water partition coefficient (Wildman–Crippen LogP) is -0.338. The lowest BCUT2D eigenvalue weighted by Gasteiger charge is -2.11. The molecule has 2 N–H and O–H groups in total. The monoisotopic (exact) mass is 315 g/mol. The number of carbonyl (C=O) groups excluding carboxylic acids is 2. The standard InChI is InChI=1S/C13H17NO6S/c1-8-4-5-9(21(3,18)19)6-10(8)12(16)14-7-11(15)13(17)20-2/h4-6,11,15H,7H2,1-3H3,(H,14,16). The quantitative estimate of drug-likeness (QED) is 0.720. The molecule has 8 heteroatoms. The van der Waals surface area contributed by atoms with Crippen LogP contribution in [-0.2, 0) is 19.4 Å². The summed E-state index contributed by atoms with van der Waals surface area (Å²) in [5.41, 5.74) is 0.738. The van der Waals surface area contributed by atoms with Gasteiger partial charge in [0.25, 0.3) is 5.91 Å². The second kappa shape index (κ2) is 6.68. The Morgan fingerprint density at radius 2 is 2.00 bits per heavy atom. The third kappa shape index (κ3) is 4.54. The minimum absolute atomic E-state index is 0.0202. The highest BCUT2D eigenvalue weighted by Crippen LogP contribution is 2.15. The molecule has 1 amide bonds. The molecule has 0 saturated heterocycles. The zero-order valence-electron chi connectivity index (χ0n) is 11.9. The van der Waals surface area contributed by atoms with E-state index < -0.39 is 27.8 Å². The van der Waals surface area contributed by atoms with Crippen LogP contribution in [0.4, 0.5) is 0 Å². The normalized spacial score (nSPS) is 12.6. The number of sulfone groups is 1. The summed E-state index contributed by atoms with van der Waals surface area (Å²) in [6, 6.07) is 4.18. The summed E-state index contributed by atoms with van der Waals surface area (Å²) in [6.45, 7) is 1.33. The van der Waals surface area contributed by atoms with Crippen LogP contribution in [0.15, 0.2) is 23.1 Å². The van der Waals surface area contributed by atoms with Crippen LogP contribution < -0.4 is 5.32 Å². The fraction of sp³-hybridized carbons (Fsp3) is 0.385. The molecule has 7 nitrogen and oxygen atoms in total. The number of rotatable bonds is 5. The van der Waals surface area contributed by atoms with Crippen molar-refractivity contribution in [2.75, 3.05) is 19.9 Å². The molecular formula is C13H17NO6S. The first-order valence-electron chi connectivity index (χ1n) is 6.01. The molecule has 0 heterocycles. The predicted molar refractivity (Wildman–Crippen MR) is 74.6 cm³/mol. The second-order valence-corrected chi connectivity index (χ2v) is 6.51. The molecule has 0 fully saturated rings. The van der Waals surface area contributed by atoms with E-state index in [0.29, 0.717) is 5.56 Å². The number of carbonyl (C=O) groups is 2. The summed E-state index contributed by atoms with van der Waals surface area (Å²) in [6.07, 6.45) is -0.433. The van der Waals surface area contributed by atoms with Gasteiger partial charge in [-0.2, -0.15) is 0 Å². The van der Waals surface area contributed by atoms with Gasteiger partial charge in [0.2, 0.25) is 0 Å². The highest BCUT2D eigenvalue weighted by atomic mass is 32.2. The SMILES string of the molecule is COC(=O)C(O)CNC(=O)c1cc(S(C)(=O)=O)ccc1C. The molecule has 1 aromatic carbocycles. The van der Waals surface area contributed by atoms with Crippen molar-refractivity contribution >= 4 is 21.7 Å². The number of nitrogens with one attached hydrogen (secondary N) is 1. The van der Waals surface area contributed by atoms with Gasteiger partial charge in [-0.05, 0) is 24.6 Å². The van der Waals surface area contributed by atoms with Crippen LogP contribution >= 0.6 is 0 Å². The van der Waals surface area contributed by atoms with Crippen molar-refractivity contribution in [3.8, 4) is 0 Å². The molecule has 1 atom stereocenters. The summed E-state index contributed by atoms with van der Waals surface area (Å²) in [5, 5.41) is 11.7. The molecule has 0 aromatic heterocycles. The molecule has 0 radical (unpaired) electrons. The topological polar surface area (TPSA) is 110 Å². The highest BCUT2D eigenvalue weighted by molar-refractivity contribution is 7.90. The highest BCUT2D eigenvalue weighted by Gasteiger charge is 2.18. The zero-order chi connectivity index (χ0) is 16.2. The van der Waals surface area contributed by atoms with Gasteiger partial charge < -0.3 is 15.2 Å². The third-order valence-electron chi connectivity index (χ3n) is 2.81. The smallest absolute Gasteiger partial charge is 0.336 e. The van der Waals surface area contributed by atoms with E-state index in [2.05, 4.69) is 10.1 Å². The van der Waals surface area contributed by atoms with E-state index >= 15 is 0 Å². The van der Waals surface area contributed by atoms with Gasteiger partial charge in [-0.25, -0.2) is 13.2 Å². The van der Waals surface area contributed by atoms with Gasteiger partial charge in [-0.15, -0.1) is 0 Å². The lowest BCUT2D eigenvalue weighted by atomic mass is 10.1. The minimum Gasteiger partial charge on any atom is -0.467 e. The van der Waals surface area contributed by atoms with Crippen molar-refractivity contribution in [2.45, 2.75) is 17.9 Å². The van der Waals surface area contributed by atoms with Crippen LogP contribution in [0, 0.1) is 6.92 Å². The molecule has 116 valence electrons. The van der Waals surface area contributed by atoms with Crippen LogP contribution in [0.3, 0.4) is 0 Å². The molecule has 1 aromatic rings. The number of aliphatic hydroxyl groups excluding tert-OH is 1. The summed E-state index contributed by atoms with van der Waals surface area (Å²) >= 11 is 0. The number of aryl methyl sites for hydroxylation is 1. The number of amides is 1. The Morgan fingerprint density at radius 1 is 1.38 bits per heavy atom. The molecule has 0 aliphatic heterocycles. The summed E-state index contributed by atoms with van der Waals surface area (Å²) in [4.78, 5) is 23.0. The van der Waals surface area contributed by atoms with E-state index in [9.17, 15) is 23.1 Å². The van der Waals surface area contributed by atoms with Crippen LogP contribution in [0.5, 0.6) is 0 Å². The number of aliphatic hydroxyl groups is 1. The molecular weight excluding hydrogens is 298 g/mol. The van der Waals surface area contributed by atoms with Gasteiger partial charge in [0.05, 0.1) is 18.6 Å². The summed E-state index contributed by atoms with van der Waals surface area (Å²) in [7, 11) is -2.31. The summed E-state index contributed by atoms with van der Waals surface area (Å²) in [5.74, 6) is -1.45. The zero-order valence-corrected chi connectivity index (χ0v) is 12.7. The van der Waals surface area contributed by atoms with E-state index in [1.807, 2.05) is 0 Å². The largest absolute Gasteiger partial charge is 0.467 e. The average Bonchev–Trinajstić information content (AvgIpc) is 2.42. The van der Waals surface area contributed by atoms with Crippen molar-refractivity contribution in [1.29, 1.82) is 0 Å². The summed E-state index contributed by atoms with van der Waals surface area (Å²) < 4.78 is 27.3. The van der Waals surface area contributed by atoms with Crippen LogP contribution in [0.1, 0.15) is 15.9 Å². The molecule has 0 bridgehead atoms. The van der Waals surface area contributed by atoms with Crippen LogP contribution in [0.25, 0.3) is 0 Å². The maximum atomic E-state index is 12.0. The lowest BCUT2D eigenvalue weighted by molar-refractivity contribution is -0.149. The van der Waals surface area contributed by atoms with E-state index in [-0.39, 0.29) is 17.0 Å². The maximum absolute atomic E-state index is 12.0. The van der Waals surface area contributed by atoms with Crippen LogP contribution in [-0.4, -0.2) is 51.4 Å². The van der Waals surface area contributed by atoms with E-state index in [4.69, 9.17) is 0 Å². The Hall–Kier alpha value is -1.93. The van der Waals surface area contributed by atoms with Crippen molar-refractivity contribution in [3.05, 3.63) is 29.3 Å². The van der Waals surface area contributed by atoms with Gasteiger partial charge in [0.15, 0.2) is 15.9 Å². The van der Waals surface area contributed by atoms with Crippen molar-refractivity contribution in [2.24, 2.45) is 0 Å². The van der Waals surface area contributed by atoms with E-state index in [1.54, 1.807) is 6.92 Å². The molecule has 0 aliphatic rings. The molecule has 21 heavy (non-hydrogen) atoms. The van der Waals surface area contributed by atoms with Crippen molar-refractivity contribution < 1.29 is 27.9 Å².